The van der Waals surface area contributed by atoms with Crippen molar-refractivity contribution in [2.75, 3.05) is 18.4 Å². The lowest BCUT2D eigenvalue weighted by Crippen LogP contribution is -2.42. The van der Waals surface area contributed by atoms with E-state index in [-0.39, 0.29) is 17.6 Å². The van der Waals surface area contributed by atoms with Gasteiger partial charge in [-0.05, 0) is 18.4 Å². The number of sulfonamides is 1. The number of nitrogens with one attached hydrogen (secondary N) is 2. The number of amides is 1. The summed E-state index contributed by atoms with van der Waals surface area (Å²) in [5.74, 6) is -0.0905. The van der Waals surface area contributed by atoms with Crippen molar-refractivity contribution in [1.82, 2.24) is 19.5 Å². The van der Waals surface area contributed by atoms with E-state index in [2.05, 4.69) is 20.5 Å². The molecule has 2 heterocycles. The van der Waals surface area contributed by atoms with Crippen LogP contribution in [0.3, 0.4) is 0 Å². The van der Waals surface area contributed by atoms with Crippen LogP contribution in [0.5, 0.6) is 0 Å². The fourth-order valence-electron chi connectivity index (χ4n) is 2.76. The molecule has 0 saturated carbocycles. The van der Waals surface area contributed by atoms with E-state index in [4.69, 9.17) is 0 Å². The second kappa shape index (κ2) is 7.10. The van der Waals surface area contributed by atoms with Gasteiger partial charge in [0.1, 0.15) is 6.33 Å². The first kappa shape index (κ1) is 16.6. The molecule has 1 amide bonds. The van der Waals surface area contributed by atoms with Crippen molar-refractivity contribution < 1.29 is 13.2 Å². The van der Waals surface area contributed by atoms with Gasteiger partial charge in [-0.2, -0.15) is 10.1 Å². The molecule has 3 rings (SSSR count). The van der Waals surface area contributed by atoms with Gasteiger partial charge in [0.25, 0.3) is 0 Å². The second-order valence-corrected chi connectivity index (χ2v) is 7.71. The van der Waals surface area contributed by atoms with Crippen molar-refractivity contribution in [2.45, 2.75) is 18.6 Å². The summed E-state index contributed by atoms with van der Waals surface area (Å²) < 4.78 is 26.5. The molecular weight excluding hydrogens is 330 g/mol. The van der Waals surface area contributed by atoms with Crippen LogP contribution in [0.4, 0.5) is 5.95 Å². The lowest BCUT2D eigenvalue weighted by Gasteiger charge is -2.30. The molecule has 8 nitrogen and oxygen atoms in total. The van der Waals surface area contributed by atoms with Gasteiger partial charge < -0.3 is 0 Å². The molecule has 0 unspecified atom stereocenters. The molecule has 0 atom stereocenters. The first-order chi connectivity index (χ1) is 11.5. The van der Waals surface area contributed by atoms with Gasteiger partial charge in [0.15, 0.2) is 0 Å². The minimum absolute atomic E-state index is 0.0111. The Kier molecular flexibility index (Phi) is 4.91. The van der Waals surface area contributed by atoms with Crippen molar-refractivity contribution >= 4 is 21.9 Å². The van der Waals surface area contributed by atoms with Crippen LogP contribution in [0, 0.1) is 5.92 Å². The molecule has 2 N–H and O–H groups in total. The summed E-state index contributed by atoms with van der Waals surface area (Å²) in [5.41, 5.74) is 0.766. The summed E-state index contributed by atoms with van der Waals surface area (Å²) in [7, 11) is -3.36. The Morgan fingerprint density at radius 2 is 1.96 bits per heavy atom. The highest BCUT2D eigenvalue weighted by molar-refractivity contribution is 7.88. The molecule has 128 valence electrons. The number of carbonyl (C=O) groups excluding carboxylic acids is 1. The van der Waals surface area contributed by atoms with Crippen molar-refractivity contribution in [3.63, 3.8) is 0 Å². The number of carbonyl (C=O) groups is 1. The van der Waals surface area contributed by atoms with Gasteiger partial charge >= 0.3 is 0 Å². The highest BCUT2D eigenvalue weighted by atomic mass is 32.2. The summed E-state index contributed by atoms with van der Waals surface area (Å²) in [6, 6.07) is 9.11. The molecule has 24 heavy (non-hydrogen) atoms. The third-order valence-electron chi connectivity index (χ3n) is 4.07. The molecule has 0 bridgehead atoms. The van der Waals surface area contributed by atoms with Crippen molar-refractivity contribution in [2.24, 2.45) is 5.92 Å². The van der Waals surface area contributed by atoms with E-state index >= 15 is 0 Å². The van der Waals surface area contributed by atoms with Crippen LogP contribution in [0.25, 0.3) is 0 Å². The number of aromatic nitrogens is 3. The quantitative estimate of drug-likeness (QED) is 0.837. The van der Waals surface area contributed by atoms with Crippen molar-refractivity contribution in [3.8, 4) is 0 Å². The average molecular weight is 349 g/mol. The van der Waals surface area contributed by atoms with Gasteiger partial charge in [-0.15, -0.1) is 0 Å². The van der Waals surface area contributed by atoms with Gasteiger partial charge in [0.05, 0.1) is 5.75 Å². The maximum absolute atomic E-state index is 12.5. The molecule has 0 spiro atoms. The van der Waals surface area contributed by atoms with Gasteiger partial charge in [0, 0.05) is 19.0 Å². The standard InChI is InChI=1S/C15H19N5O3S/c21-14(18-15-16-11-17-19-15)13-6-8-20(9-7-13)24(22,23)10-12-4-2-1-3-5-12/h1-5,11,13H,6-10H2,(H2,16,17,18,19,21). The van der Waals surface area contributed by atoms with Crippen LogP contribution < -0.4 is 5.32 Å². The zero-order valence-corrected chi connectivity index (χ0v) is 13.9. The number of piperidine rings is 1. The predicted octanol–water partition coefficient (Wildman–Crippen LogP) is 0.985. The van der Waals surface area contributed by atoms with E-state index in [1.54, 1.807) is 12.1 Å². The van der Waals surface area contributed by atoms with E-state index in [0.717, 1.165) is 5.56 Å². The summed E-state index contributed by atoms with van der Waals surface area (Å²) in [6.45, 7) is 0.702. The first-order valence-electron chi connectivity index (χ1n) is 7.72. The number of hydrogen-bond donors (Lipinski definition) is 2. The minimum Gasteiger partial charge on any atom is -0.295 e. The number of benzene rings is 1. The molecular formula is C15H19N5O3S. The van der Waals surface area contributed by atoms with Crippen LogP contribution in [-0.2, 0) is 20.6 Å². The molecule has 1 aromatic carbocycles. The van der Waals surface area contributed by atoms with Crippen molar-refractivity contribution in [3.05, 3.63) is 42.2 Å². The summed E-state index contributed by atoms with van der Waals surface area (Å²) in [5, 5.41) is 8.88. The second-order valence-electron chi connectivity index (χ2n) is 5.74. The monoisotopic (exact) mass is 349 g/mol. The average Bonchev–Trinajstić information content (AvgIpc) is 3.08. The van der Waals surface area contributed by atoms with E-state index in [1.165, 1.54) is 10.6 Å². The predicted molar refractivity (Wildman–Crippen MR) is 88.4 cm³/mol. The van der Waals surface area contributed by atoms with Gasteiger partial charge in [-0.3, -0.25) is 10.1 Å². The van der Waals surface area contributed by atoms with E-state index in [9.17, 15) is 13.2 Å². The molecule has 1 fully saturated rings. The normalized spacial score (nSPS) is 16.8. The van der Waals surface area contributed by atoms with Crippen LogP contribution in [-0.4, -0.2) is 46.9 Å². The Morgan fingerprint density at radius 3 is 2.58 bits per heavy atom. The Morgan fingerprint density at radius 1 is 1.25 bits per heavy atom. The lowest BCUT2D eigenvalue weighted by molar-refractivity contribution is -0.121. The molecule has 1 aliphatic rings. The maximum Gasteiger partial charge on any atom is 0.229 e. The third kappa shape index (κ3) is 3.98. The van der Waals surface area contributed by atoms with Gasteiger partial charge in [0.2, 0.25) is 21.9 Å². The molecule has 1 aromatic heterocycles. The third-order valence-corrected chi connectivity index (χ3v) is 5.92. The van der Waals surface area contributed by atoms with Crippen LogP contribution in [0.1, 0.15) is 18.4 Å². The number of aromatic amines is 1. The number of H-pyrrole nitrogens is 1. The van der Waals surface area contributed by atoms with Crippen LogP contribution in [0.2, 0.25) is 0 Å². The molecule has 0 radical (unpaired) electrons. The molecule has 0 aliphatic carbocycles. The van der Waals surface area contributed by atoms with E-state index in [0.29, 0.717) is 31.9 Å². The molecule has 2 aromatic rings. The smallest absolute Gasteiger partial charge is 0.229 e. The number of anilines is 1. The zero-order valence-electron chi connectivity index (χ0n) is 13.1. The topological polar surface area (TPSA) is 108 Å². The first-order valence-corrected chi connectivity index (χ1v) is 9.33. The Hall–Kier alpha value is -2.26. The number of hydrogen-bond acceptors (Lipinski definition) is 5. The molecule has 1 saturated heterocycles. The van der Waals surface area contributed by atoms with Crippen LogP contribution >= 0.6 is 0 Å². The fourth-order valence-corrected chi connectivity index (χ4v) is 4.32. The van der Waals surface area contributed by atoms with E-state index in [1.807, 2.05) is 18.2 Å². The van der Waals surface area contributed by atoms with Gasteiger partial charge in [-0.1, -0.05) is 30.3 Å². The Labute approximate surface area is 140 Å². The molecule has 1 aliphatic heterocycles. The van der Waals surface area contributed by atoms with E-state index < -0.39 is 10.0 Å². The summed E-state index contributed by atoms with van der Waals surface area (Å²) >= 11 is 0. The zero-order chi connectivity index (χ0) is 17.0. The summed E-state index contributed by atoms with van der Waals surface area (Å²) in [6.07, 6.45) is 2.30. The molecule has 9 heteroatoms. The maximum atomic E-state index is 12.5. The minimum atomic E-state index is -3.36. The van der Waals surface area contributed by atoms with Crippen LogP contribution in [0.15, 0.2) is 36.7 Å². The Balaban J connectivity index is 1.55. The largest absolute Gasteiger partial charge is 0.295 e. The highest BCUT2D eigenvalue weighted by Crippen LogP contribution is 2.22. The SMILES string of the molecule is O=C(Nc1ncn[nH]1)C1CCN(S(=O)(=O)Cc2ccccc2)CC1. The lowest BCUT2D eigenvalue weighted by atomic mass is 9.97. The Bertz CT molecular complexity index is 769. The fraction of sp³-hybridized carbons (Fsp3) is 0.400. The van der Waals surface area contributed by atoms with Gasteiger partial charge in [-0.25, -0.2) is 17.8 Å². The summed E-state index contributed by atoms with van der Waals surface area (Å²) in [4.78, 5) is 16.0. The number of rotatable bonds is 5. The highest BCUT2D eigenvalue weighted by Gasteiger charge is 2.31. The van der Waals surface area contributed by atoms with Crippen molar-refractivity contribution in [1.29, 1.82) is 0 Å². The number of nitrogens with zero attached hydrogens (tertiary/aromatic N) is 3.